The standard InChI is InChI=1S/C25H29FN4O2/c1-4-29(5-2)13-11-27-23-16-22-20(15-21(23)26)25(31)30-12-10-18(24(30)28-22)14-17-6-8-19(32-3)9-7-17/h6-9,14-16,27H,4-5,10-13H2,1-3H3/b18-14+. The zero-order valence-electron chi connectivity index (χ0n) is 18.8. The van der Waals surface area contributed by atoms with Crippen LogP contribution in [0.4, 0.5) is 10.1 Å². The van der Waals surface area contributed by atoms with E-state index in [1.54, 1.807) is 17.7 Å². The summed E-state index contributed by atoms with van der Waals surface area (Å²) in [6, 6.07) is 10.7. The van der Waals surface area contributed by atoms with Gasteiger partial charge in [-0.05, 0) is 61.0 Å². The summed E-state index contributed by atoms with van der Waals surface area (Å²) in [5.74, 6) is 1.02. The maximum Gasteiger partial charge on any atom is 0.261 e. The molecule has 0 radical (unpaired) electrons. The second-order valence-electron chi connectivity index (χ2n) is 7.89. The number of nitrogens with one attached hydrogen (secondary N) is 1. The van der Waals surface area contributed by atoms with Crippen molar-refractivity contribution in [2.75, 3.05) is 38.6 Å². The van der Waals surface area contributed by atoms with Gasteiger partial charge < -0.3 is 15.0 Å². The molecule has 0 atom stereocenters. The SMILES string of the molecule is CCN(CC)CCNc1cc2nc3n(c(=O)c2cc1F)CC/C3=C\c1ccc(OC)cc1. The lowest BCUT2D eigenvalue weighted by atomic mass is 10.1. The Morgan fingerprint density at radius 2 is 1.97 bits per heavy atom. The maximum atomic E-state index is 14.7. The van der Waals surface area contributed by atoms with Gasteiger partial charge >= 0.3 is 0 Å². The topological polar surface area (TPSA) is 59.4 Å². The first-order valence-electron chi connectivity index (χ1n) is 11.1. The third-order valence-electron chi connectivity index (χ3n) is 6.03. The molecule has 7 heteroatoms. The number of nitrogens with zero attached hydrogens (tertiary/aromatic N) is 3. The third kappa shape index (κ3) is 4.39. The van der Waals surface area contributed by atoms with Crippen LogP contribution in [-0.2, 0) is 6.54 Å². The van der Waals surface area contributed by atoms with Crippen LogP contribution in [0.2, 0.25) is 0 Å². The first kappa shape index (κ1) is 22.0. The van der Waals surface area contributed by atoms with Crippen molar-refractivity contribution < 1.29 is 9.13 Å². The fourth-order valence-electron chi connectivity index (χ4n) is 4.10. The van der Waals surface area contributed by atoms with E-state index in [0.717, 1.165) is 36.5 Å². The molecule has 1 N–H and O–H groups in total. The van der Waals surface area contributed by atoms with Crippen molar-refractivity contribution in [2.24, 2.45) is 0 Å². The molecule has 0 spiro atoms. The molecule has 1 aliphatic rings. The Morgan fingerprint density at radius 1 is 1.22 bits per heavy atom. The van der Waals surface area contributed by atoms with E-state index in [0.29, 0.717) is 41.9 Å². The Balaban J connectivity index is 1.66. The Bertz CT molecular complexity index is 1200. The molecular formula is C25H29FN4O2. The first-order valence-corrected chi connectivity index (χ1v) is 11.1. The molecule has 2 aromatic carbocycles. The lowest BCUT2D eigenvalue weighted by Crippen LogP contribution is -2.28. The maximum absolute atomic E-state index is 14.7. The lowest BCUT2D eigenvalue weighted by molar-refractivity contribution is 0.316. The molecule has 0 amide bonds. The summed E-state index contributed by atoms with van der Waals surface area (Å²) in [7, 11) is 1.64. The number of hydrogen-bond donors (Lipinski definition) is 1. The molecule has 0 saturated carbocycles. The molecule has 32 heavy (non-hydrogen) atoms. The largest absolute Gasteiger partial charge is 0.497 e. The monoisotopic (exact) mass is 436 g/mol. The summed E-state index contributed by atoms with van der Waals surface area (Å²) in [6.45, 7) is 8.10. The fraction of sp³-hybridized carbons (Fsp3) is 0.360. The Kier molecular flexibility index (Phi) is 6.55. The second-order valence-corrected chi connectivity index (χ2v) is 7.89. The van der Waals surface area contributed by atoms with Gasteiger partial charge in [0.2, 0.25) is 0 Å². The van der Waals surface area contributed by atoms with Crippen molar-refractivity contribution in [1.82, 2.24) is 14.5 Å². The number of ether oxygens (including phenoxy) is 1. The van der Waals surface area contributed by atoms with Gasteiger partial charge in [-0.3, -0.25) is 9.36 Å². The van der Waals surface area contributed by atoms with Gasteiger partial charge in [-0.15, -0.1) is 0 Å². The summed E-state index contributed by atoms with van der Waals surface area (Å²) in [6.07, 6.45) is 2.76. The van der Waals surface area contributed by atoms with Crippen molar-refractivity contribution >= 4 is 28.2 Å². The highest BCUT2D eigenvalue weighted by molar-refractivity contribution is 5.86. The zero-order chi connectivity index (χ0) is 22.7. The molecule has 4 rings (SSSR count). The molecule has 0 bridgehead atoms. The van der Waals surface area contributed by atoms with E-state index in [1.165, 1.54) is 6.07 Å². The molecule has 2 heterocycles. The van der Waals surface area contributed by atoms with Crippen LogP contribution in [0.15, 0.2) is 41.2 Å². The second kappa shape index (κ2) is 9.53. The number of methoxy groups -OCH3 is 1. The van der Waals surface area contributed by atoms with Crippen LogP contribution >= 0.6 is 0 Å². The summed E-state index contributed by atoms with van der Waals surface area (Å²) < 4.78 is 21.6. The fourth-order valence-corrected chi connectivity index (χ4v) is 4.10. The Labute approximate surface area is 187 Å². The predicted octanol–water partition coefficient (Wildman–Crippen LogP) is 4.24. The van der Waals surface area contributed by atoms with E-state index in [1.807, 2.05) is 30.3 Å². The number of rotatable bonds is 8. The van der Waals surface area contributed by atoms with Gasteiger partial charge in [-0.1, -0.05) is 26.0 Å². The number of anilines is 1. The number of halogens is 1. The summed E-state index contributed by atoms with van der Waals surface area (Å²) in [5.41, 5.74) is 2.70. The minimum Gasteiger partial charge on any atom is -0.497 e. The first-order chi connectivity index (χ1) is 15.5. The van der Waals surface area contributed by atoms with E-state index in [-0.39, 0.29) is 5.56 Å². The van der Waals surface area contributed by atoms with E-state index < -0.39 is 5.82 Å². The number of hydrogen-bond acceptors (Lipinski definition) is 5. The van der Waals surface area contributed by atoms with Crippen LogP contribution in [0.1, 0.15) is 31.7 Å². The minimum atomic E-state index is -0.427. The molecule has 0 fully saturated rings. The van der Waals surface area contributed by atoms with Gasteiger partial charge in [-0.2, -0.15) is 0 Å². The number of benzene rings is 2. The van der Waals surface area contributed by atoms with Crippen LogP contribution in [-0.4, -0.2) is 47.7 Å². The molecular weight excluding hydrogens is 407 g/mol. The number of likely N-dealkylation sites (N-methyl/N-ethyl adjacent to an activating group) is 1. The van der Waals surface area contributed by atoms with Gasteiger partial charge in [0, 0.05) is 19.6 Å². The van der Waals surface area contributed by atoms with Crippen molar-refractivity contribution in [2.45, 2.75) is 26.8 Å². The highest BCUT2D eigenvalue weighted by Gasteiger charge is 2.22. The van der Waals surface area contributed by atoms with Gasteiger partial charge in [0.05, 0.1) is 23.7 Å². The van der Waals surface area contributed by atoms with Crippen molar-refractivity contribution in [3.63, 3.8) is 0 Å². The number of allylic oxidation sites excluding steroid dienone is 1. The molecule has 0 aliphatic carbocycles. The highest BCUT2D eigenvalue weighted by atomic mass is 19.1. The van der Waals surface area contributed by atoms with Gasteiger partial charge in [0.25, 0.3) is 5.56 Å². The van der Waals surface area contributed by atoms with E-state index in [2.05, 4.69) is 24.1 Å². The molecule has 0 unspecified atom stereocenters. The van der Waals surface area contributed by atoms with Crippen LogP contribution in [0, 0.1) is 5.82 Å². The highest BCUT2D eigenvalue weighted by Crippen LogP contribution is 2.29. The molecule has 0 saturated heterocycles. The molecule has 6 nitrogen and oxygen atoms in total. The predicted molar refractivity (Wildman–Crippen MR) is 128 cm³/mol. The molecule has 1 aliphatic heterocycles. The van der Waals surface area contributed by atoms with E-state index in [9.17, 15) is 9.18 Å². The molecule has 1 aromatic heterocycles. The van der Waals surface area contributed by atoms with Crippen molar-refractivity contribution in [3.05, 3.63) is 64.0 Å². The average molecular weight is 437 g/mol. The molecule has 168 valence electrons. The zero-order valence-corrected chi connectivity index (χ0v) is 18.8. The molecule has 3 aromatic rings. The van der Waals surface area contributed by atoms with Gasteiger partial charge in [-0.25, -0.2) is 9.37 Å². The van der Waals surface area contributed by atoms with Crippen molar-refractivity contribution in [3.8, 4) is 5.75 Å². The van der Waals surface area contributed by atoms with Crippen LogP contribution in [0.5, 0.6) is 5.75 Å². The summed E-state index contributed by atoms with van der Waals surface area (Å²) in [5, 5.41) is 3.47. The normalized spacial score (nSPS) is 14.3. The average Bonchev–Trinajstić information content (AvgIpc) is 3.21. The van der Waals surface area contributed by atoms with Gasteiger partial charge in [0.1, 0.15) is 17.4 Å². The van der Waals surface area contributed by atoms with Gasteiger partial charge in [0.15, 0.2) is 0 Å². The summed E-state index contributed by atoms with van der Waals surface area (Å²) >= 11 is 0. The quantitative estimate of drug-likeness (QED) is 0.572. The van der Waals surface area contributed by atoms with Crippen LogP contribution < -0.4 is 15.6 Å². The number of aromatic nitrogens is 2. The smallest absolute Gasteiger partial charge is 0.261 e. The Morgan fingerprint density at radius 3 is 2.66 bits per heavy atom. The van der Waals surface area contributed by atoms with E-state index in [4.69, 9.17) is 9.72 Å². The number of fused-ring (bicyclic) bond motifs is 2. The van der Waals surface area contributed by atoms with Crippen molar-refractivity contribution in [1.29, 1.82) is 0 Å². The minimum absolute atomic E-state index is 0.197. The summed E-state index contributed by atoms with van der Waals surface area (Å²) in [4.78, 5) is 20.1. The Hall–Kier alpha value is -3.19. The van der Waals surface area contributed by atoms with Crippen LogP contribution in [0.3, 0.4) is 0 Å². The van der Waals surface area contributed by atoms with Crippen LogP contribution in [0.25, 0.3) is 22.6 Å². The lowest BCUT2D eigenvalue weighted by Gasteiger charge is -2.18. The third-order valence-corrected chi connectivity index (χ3v) is 6.03. The van der Waals surface area contributed by atoms with E-state index >= 15 is 0 Å².